The summed E-state index contributed by atoms with van der Waals surface area (Å²) in [6, 6.07) is 16.9. The molecule has 1 heterocycles. The first-order chi connectivity index (χ1) is 15.0. The van der Waals surface area contributed by atoms with Gasteiger partial charge in [-0.25, -0.2) is 8.78 Å². The van der Waals surface area contributed by atoms with Crippen molar-refractivity contribution in [2.24, 2.45) is 0 Å². The van der Waals surface area contributed by atoms with E-state index in [9.17, 15) is 9.65 Å². The van der Waals surface area contributed by atoms with Crippen LogP contribution in [0.25, 0.3) is 11.1 Å². The van der Waals surface area contributed by atoms with Gasteiger partial charge < -0.3 is 14.2 Å². The predicted molar refractivity (Wildman–Crippen MR) is 112 cm³/mol. The highest BCUT2D eigenvalue weighted by molar-refractivity contribution is 6.33. The normalized spacial score (nSPS) is 17.3. The molecule has 0 amide bonds. The lowest BCUT2D eigenvalue weighted by Crippen LogP contribution is -2.12. The second kappa shape index (κ2) is 8.64. The second-order valence-corrected chi connectivity index (χ2v) is 7.43. The van der Waals surface area contributed by atoms with Crippen molar-refractivity contribution in [3.8, 4) is 22.9 Å². The van der Waals surface area contributed by atoms with Crippen LogP contribution in [0.1, 0.15) is 16.7 Å². The molecule has 4 nitrogen and oxygen atoms in total. The van der Waals surface area contributed by atoms with Crippen LogP contribution in [-0.2, 0) is 15.1 Å². The largest absolute Gasteiger partial charge is 0.488 e. The van der Waals surface area contributed by atoms with Crippen LogP contribution in [0.2, 0.25) is 5.02 Å². The van der Waals surface area contributed by atoms with E-state index in [2.05, 4.69) is 0 Å². The molecule has 0 saturated carbocycles. The van der Waals surface area contributed by atoms with Crippen molar-refractivity contribution >= 4 is 11.6 Å². The van der Waals surface area contributed by atoms with Crippen molar-refractivity contribution in [3.05, 3.63) is 87.9 Å². The molecule has 0 aliphatic carbocycles. The van der Waals surface area contributed by atoms with Crippen molar-refractivity contribution in [2.75, 3.05) is 26.9 Å². The number of ether oxygens (including phenoxy) is 3. The molecule has 1 atom stereocenters. The standard InChI is InChI=1S/C24H18ClF2NO3/c1-29-9-10-30-20-8-7-15(13-28)21(23(20)27)18-11-17(12-19(26)22(18)25)24(14-31-24)16-5-3-2-4-6-16/h2-8,11-12H,9-10,14H2,1H3. The Morgan fingerprint density at radius 2 is 1.84 bits per heavy atom. The minimum absolute atomic E-state index is 0.0144. The SMILES string of the molecule is COCCOc1ccc(C#N)c(-c2cc(C3(c4ccccc4)CO3)cc(F)c2Cl)c1F. The zero-order valence-corrected chi connectivity index (χ0v) is 17.4. The van der Waals surface area contributed by atoms with Gasteiger partial charge in [-0.3, -0.25) is 0 Å². The number of nitriles is 1. The molecule has 0 aromatic heterocycles. The molecule has 3 aromatic rings. The third-order valence-electron chi connectivity index (χ3n) is 5.21. The first-order valence-electron chi connectivity index (χ1n) is 9.55. The highest BCUT2D eigenvalue weighted by atomic mass is 35.5. The summed E-state index contributed by atoms with van der Waals surface area (Å²) in [6.45, 7) is 0.730. The van der Waals surface area contributed by atoms with E-state index < -0.39 is 17.2 Å². The molecule has 158 valence electrons. The number of rotatable bonds is 7. The predicted octanol–water partition coefficient (Wildman–Crippen LogP) is 5.46. The molecule has 0 spiro atoms. The first-order valence-corrected chi connectivity index (χ1v) is 9.93. The molecule has 1 fully saturated rings. The lowest BCUT2D eigenvalue weighted by molar-refractivity contribution is 0.144. The van der Waals surface area contributed by atoms with E-state index in [0.29, 0.717) is 12.2 Å². The Kier molecular flexibility index (Phi) is 5.92. The van der Waals surface area contributed by atoms with Crippen molar-refractivity contribution in [1.29, 1.82) is 5.26 Å². The van der Waals surface area contributed by atoms with E-state index in [1.54, 1.807) is 6.07 Å². The van der Waals surface area contributed by atoms with E-state index in [4.69, 9.17) is 25.8 Å². The van der Waals surface area contributed by atoms with Gasteiger partial charge in [-0.05, 0) is 35.4 Å². The van der Waals surface area contributed by atoms with Crippen LogP contribution < -0.4 is 4.74 Å². The van der Waals surface area contributed by atoms with Crippen molar-refractivity contribution in [1.82, 2.24) is 0 Å². The summed E-state index contributed by atoms with van der Waals surface area (Å²) in [5, 5.41) is 9.27. The summed E-state index contributed by atoms with van der Waals surface area (Å²) in [4.78, 5) is 0. The molecule has 1 unspecified atom stereocenters. The van der Waals surface area contributed by atoms with E-state index in [-0.39, 0.29) is 40.7 Å². The zero-order chi connectivity index (χ0) is 22.0. The van der Waals surface area contributed by atoms with Gasteiger partial charge in [0.1, 0.15) is 18.0 Å². The summed E-state index contributed by atoms with van der Waals surface area (Å²) in [5.41, 5.74) is 0.461. The summed E-state index contributed by atoms with van der Waals surface area (Å²) >= 11 is 6.24. The number of epoxide rings is 1. The van der Waals surface area contributed by atoms with E-state index in [0.717, 1.165) is 5.56 Å². The average Bonchev–Trinajstić information content (AvgIpc) is 3.59. The van der Waals surface area contributed by atoms with Gasteiger partial charge in [-0.1, -0.05) is 41.9 Å². The van der Waals surface area contributed by atoms with Gasteiger partial charge in [0.05, 0.1) is 29.9 Å². The quantitative estimate of drug-likeness (QED) is 0.361. The number of methoxy groups -OCH3 is 1. The smallest absolute Gasteiger partial charge is 0.174 e. The van der Waals surface area contributed by atoms with Gasteiger partial charge in [0, 0.05) is 18.2 Å². The Morgan fingerprint density at radius 3 is 2.48 bits per heavy atom. The third kappa shape index (κ3) is 3.88. The second-order valence-electron chi connectivity index (χ2n) is 7.05. The maximum atomic E-state index is 15.4. The highest BCUT2D eigenvalue weighted by Gasteiger charge is 2.48. The summed E-state index contributed by atoms with van der Waals surface area (Å²) in [6.07, 6.45) is 0. The van der Waals surface area contributed by atoms with Crippen LogP contribution in [0.5, 0.6) is 5.75 Å². The zero-order valence-electron chi connectivity index (χ0n) is 16.6. The van der Waals surface area contributed by atoms with Crippen molar-refractivity contribution in [3.63, 3.8) is 0 Å². The van der Waals surface area contributed by atoms with Crippen molar-refractivity contribution < 1.29 is 23.0 Å². The molecule has 0 bridgehead atoms. The Balaban J connectivity index is 1.86. The minimum atomic E-state index is -0.836. The fraction of sp³-hybridized carbons (Fsp3) is 0.208. The van der Waals surface area contributed by atoms with Gasteiger partial charge in [-0.2, -0.15) is 5.26 Å². The summed E-state index contributed by atoms with van der Waals surface area (Å²) in [5.74, 6) is -1.60. The molecule has 1 aliphatic heterocycles. The third-order valence-corrected chi connectivity index (χ3v) is 5.59. The first kappa shape index (κ1) is 21.3. The van der Waals surface area contributed by atoms with Gasteiger partial charge in [0.15, 0.2) is 11.6 Å². The Hall–Kier alpha value is -2.98. The number of halogens is 3. The highest BCUT2D eigenvalue weighted by Crippen LogP contribution is 2.48. The summed E-state index contributed by atoms with van der Waals surface area (Å²) < 4.78 is 46.3. The molecule has 4 rings (SSSR count). The maximum Gasteiger partial charge on any atom is 0.174 e. The molecule has 1 aliphatic rings. The van der Waals surface area contributed by atoms with E-state index in [1.165, 1.54) is 25.3 Å². The number of nitrogens with zero attached hydrogens (tertiary/aromatic N) is 1. The molecule has 1 saturated heterocycles. The Bertz CT molecular complexity index is 1160. The van der Waals surface area contributed by atoms with Crippen LogP contribution in [0, 0.1) is 23.0 Å². The molecule has 0 radical (unpaired) electrons. The Morgan fingerprint density at radius 1 is 1.10 bits per heavy atom. The Labute approximate surface area is 183 Å². The van der Waals surface area contributed by atoms with Gasteiger partial charge in [0.25, 0.3) is 0 Å². The molecule has 3 aromatic carbocycles. The van der Waals surface area contributed by atoms with Crippen LogP contribution in [0.15, 0.2) is 54.6 Å². The van der Waals surface area contributed by atoms with E-state index in [1.807, 2.05) is 36.4 Å². The molecule has 7 heteroatoms. The maximum absolute atomic E-state index is 15.4. The fourth-order valence-electron chi connectivity index (χ4n) is 3.54. The molecule has 31 heavy (non-hydrogen) atoms. The lowest BCUT2D eigenvalue weighted by atomic mass is 9.88. The average molecular weight is 442 g/mol. The molecule has 0 N–H and O–H groups in total. The summed E-state index contributed by atoms with van der Waals surface area (Å²) in [7, 11) is 1.50. The van der Waals surface area contributed by atoms with E-state index >= 15 is 4.39 Å². The number of hydrogen-bond donors (Lipinski definition) is 0. The number of hydrogen-bond acceptors (Lipinski definition) is 4. The van der Waals surface area contributed by atoms with Crippen LogP contribution in [0.3, 0.4) is 0 Å². The van der Waals surface area contributed by atoms with Gasteiger partial charge >= 0.3 is 0 Å². The van der Waals surface area contributed by atoms with Gasteiger partial charge in [-0.15, -0.1) is 0 Å². The molecular weight excluding hydrogens is 424 g/mol. The molecular formula is C24H18ClF2NO3. The fourth-order valence-corrected chi connectivity index (χ4v) is 3.75. The van der Waals surface area contributed by atoms with Gasteiger partial charge in [0.2, 0.25) is 0 Å². The topological polar surface area (TPSA) is 54.8 Å². The van der Waals surface area contributed by atoms with Crippen LogP contribution in [0.4, 0.5) is 8.78 Å². The number of benzene rings is 3. The minimum Gasteiger partial charge on any atom is -0.488 e. The monoisotopic (exact) mass is 441 g/mol. The van der Waals surface area contributed by atoms with Crippen molar-refractivity contribution in [2.45, 2.75) is 5.60 Å². The van der Waals surface area contributed by atoms with Crippen LogP contribution >= 0.6 is 11.6 Å². The lowest BCUT2D eigenvalue weighted by Gasteiger charge is -2.18. The van der Waals surface area contributed by atoms with Crippen LogP contribution in [-0.4, -0.2) is 26.9 Å².